The van der Waals surface area contributed by atoms with Crippen LogP contribution < -0.4 is 26.2 Å². The van der Waals surface area contributed by atoms with Crippen molar-refractivity contribution in [2.75, 3.05) is 9.80 Å². The van der Waals surface area contributed by atoms with E-state index in [4.69, 9.17) is 0 Å². The standard InChI is InChI=1S/C44H33BN2S/c1-44(2,3)30-25-39-43-40(26-30)47(32-21-22-33-34-23-28-13-7-8-14-29(28)24-41(34)48-42(33)27-32)38-20-12-10-18-36(38)45(43)35-17-9-11-19-37(35)46(39)31-15-5-4-6-16-31/h4-27H,1-3H3. The summed E-state index contributed by atoms with van der Waals surface area (Å²) in [6, 6.07) is 54.4. The molecule has 3 heterocycles. The molecule has 8 aromatic rings. The Bertz CT molecular complexity index is 2580. The highest BCUT2D eigenvalue weighted by Crippen LogP contribution is 2.47. The SMILES string of the molecule is CC(C)(C)c1cc2c3c(c1)N(c1ccc4c(c1)sc1cc5ccccc5cc14)c1ccccc1B3c1ccccc1N2c1ccccc1. The molecular weight excluding hydrogens is 599 g/mol. The average Bonchev–Trinajstić information content (AvgIpc) is 3.46. The summed E-state index contributed by atoms with van der Waals surface area (Å²) in [7, 11) is 0. The fourth-order valence-electron chi connectivity index (χ4n) is 8.05. The van der Waals surface area contributed by atoms with Gasteiger partial charge in [-0.15, -0.1) is 11.3 Å². The summed E-state index contributed by atoms with van der Waals surface area (Å²) in [5.41, 5.74) is 12.8. The van der Waals surface area contributed by atoms with Gasteiger partial charge in [-0.3, -0.25) is 0 Å². The smallest absolute Gasteiger partial charge is 0.252 e. The Labute approximate surface area is 285 Å². The van der Waals surface area contributed by atoms with Crippen LogP contribution in [0.15, 0.2) is 146 Å². The van der Waals surface area contributed by atoms with Gasteiger partial charge in [0, 0.05) is 54.3 Å². The van der Waals surface area contributed by atoms with Gasteiger partial charge in [-0.05, 0) is 98.8 Å². The number of rotatable bonds is 2. The fourth-order valence-corrected chi connectivity index (χ4v) is 9.22. The van der Waals surface area contributed by atoms with E-state index in [-0.39, 0.29) is 12.1 Å². The van der Waals surface area contributed by atoms with E-state index in [9.17, 15) is 0 Å². The number of hydrogen-bond donors (Lipinski definition) is 0. The number of benzene rings is 7. The Morgan fingerprint density at radius 1 is 0.479 bits per heavy atom. The highest BCUT2D eigenvalue weighted by Gasteiger charge is 2.43. The van der Waals surface area contributed by atoms with Crippen molar-refractivity contribution in [1.29, 1.82) is 0 Å². The van der Waals surface area contributed by atoms with Gasteiger partial charge in [0.25, 0.3) is 6.71 Å². The second-order valence-corrected chi connectivity index (χ2v) is 15.3. The predicted octanol–water partition coefficient (Wildman–Crippen LogP) is 10.6. The van der Waals surface area contributed by atoms with Crippen LogP contribution in [0.25, 0.3) is 30.9 Å². The molecule has 48 heavy (non-hydrogen) atoms. The first-order valence-corrected chi connectivity index (χ1v) is 17.6. The molecule has 0 unspecified atom stereocenters. The summed E-state index contributed by atoms with van der Waals surface area (Å²) in [6.45, 7) is 7.12. The first-order chi connectivity index (χ1) is 23.4. The second kappa shape index (κ2) is 10.1. The Morgan fingerprint density at radius 3 is 1.71 bits per heavy atom. The molecule has 228 valence electrons. The first-order valence-electron chi connectivity index (χ1n) is 16.8. The van der Waals surface area contributed by atoms with Crippen molar-refractivity contribution in [3.8, 4) is 0 Å². The van der Waals surface area contributed by atoms with Crippen LogP contribution in [0, 0.1) is 0 Å². The molecule has 0 N–H and O–H groups in total. The van der Waals surface area contributed by atoms with Crippen molar-refractivity contribution in [2.45, 2.75) is 26.2 Å². The van der Waals surface area contributed by atoms with Gasteiger partial charge >= 0.3 is 0 Å². The normalized spacial score (nSPS) is 13.6. The minimum absolute atomic E-state index is 0.0412. The highest BCUT2D eigenvalue weighted by molar-refractivity contribution is 7.26. The lowest BCUT2D eigenvalue weighted by Gasteiger charge is -2.45. The molecule has 0 radical (unpaired) electrons. The van der Waals surface area contributed by atoms with Crippen molar-refractivity contribution in [1.82, 2.24) is 0 Å². The first kappa shape index (κ1) is 27.8. The Balaban J connectivity index is 1.27. The molecule has 2 aliphatic rings. The van der Waals surface area contributed by atoms with E-state index >= 15 is 0 Å². The third-order valence-corrected chi connectivity index (χ3v) is 11.5. The number of thiophene rings is 1. The largest absolute Gasteiger partial charge is 0.311 e. The minimum Gasteiger partial charge on any atom is -0.311 e. The van der Waals surface area contributed by atoms with Crippen LogP contribution in [0.5, 0.6) is 0 Å². The van der Waals surface area contributed by atoms with Gasteiger partial charge in [-0.25, -0.2) is 0 Å². The summed E-state index contributed by atoms with van der Waals surface area (Å²) in [5, 5.41) is 5.24. The third-order valence-electron chi connectivity index (χ3n) is 10.3. The number of nitrogens with zero attached hydrogens (tertiary/aromatic N) is 2. The molecule has 0 saturated carbocycles. The molecule has 0 saturated heterocycles. The number of anilines is 6. The lowest BCUT2D eigenvalue weighted by atomic mass is 9.33. The molecule has 0 spiro atoms. The lowest BCUT2D eigenvalue weighted by molar-refractivity contribution is 0.590. The van der Waals surface area contributed by atoms with Crippen LogP contribution in [0.4, 0.5) is 34.1 Å². The molecule has 0 amide bonds. The van der Waals surface area contributed by atoms with E-state index in [0.717, 1.165) is 0 Å². The van der Waals surface area contributed by atoms with Gasteiger partial charge in [0.05, 0.1) is 0 Å². The van der Waals surface area contributed by atoms with E-state index in [0.29, 0.717) is 0 Å². The Morgan fingerprint density at radius 2 is 1.04 bits per heavy atom. The van der Waals surface area contributed by atoms with Gasteiger partial charge in [-0.2, -0.15) is 0 Å². The van der Waals surface area contributed by atoms with Crippen molar-refractivity contribution in [2.24, 2.45) is 0 Å². The van der Waals surface area contributed by atoms with Crippen LogP contribution in [0.1, 0.15) is 26.3 Å². The third kappa shape index (κ3) is 3.99. The fraction of sp³-hybridized carbons (Fsp3) is 0.0909. The van der Waals surface area contributed by atoms with Gasteiger partial charge in [0.1, 0.15) is 0 Å². The Hall–Kier alpha value is -5.32. The zero-order valence-electron chi connectivity index (χ0n) is 27.2. The molecule has 1 aromatic heterocycles. The Kier molecular flexibility index (Phi) is 5.84. The maximum atomic E-state index is 2.54. The molecule has 0 aliphatic carbocycles. The van der Waals surface area contributed by atoms with Gasteiger partial charge in [-0.1, -0.05) is 106 Å². The average molecular weight is 633 g/mol. The van der Waals surface area contributed by atoms with Gasteiger partial charge in [0.15, 0.2) is 0 Å². The van der Waals surface area contributed by atoms with Crippen LogP contribution in [-0.4, -0.2) is 6.71 Å². The summed E-state index contributed by atoms with van der Waals surface area (Å²) < 4.78 is 2.65. The summed E-state index contributed by atoms with van der Waals surface area (Å²) >= 11 is 1.90. The maximum absolute atomic E-state index is 2.54. The molecule has 0 atom stereocenters. The van der Waals surface area contributed by atoms with Gasteiger partial charge < -0.3 is 9.80 Å². The molecule has 10 rings (SSSR count). The summed E-state index contributed by atoms with van der Waals surface area (Å²) in [4.78, 5) is 5.03. The number of hydrogen-bond acceptors (Lipinski definition) is 3. The van der Waals surface area contributed by atoms with Crippen LogP contribution in [0.3, 0.4) is 0 Å². The molecule has 2 aliphatic heterocycles. The number of para-hydroxylation sites is 3. The van der Waals surface area contributed by atoms with Crippen molar-refractivity contribution in [3.05, 3.63) is 151 Å². The minimum atomic E-state index is -0.0412. The van der Waals surface area contributed by atoms with Crippen molar-refractivity contribution >= 4 is 99.5 Å². The number of fused-ring (bicyclic) bond motifs is 8. The molecule has 2 nitrogen and oxygen atoms in total. The molecule has 7 aromatic carbocycles. The van der Waals surface area contributed by atoms with Gasteiger partial charge in [0.2, 0.25) is 0 Å². The second-order valence-electron chi connectivity index (χ2n) is 14.2. The van der Waals surface area contributed by atoms with Crippen LogP contribution in [-0.2, 0) is 5.41 Å². The van der Waals surface area contributed by atoms with Crippen LogP contribution in [0.2, 0.25) is 0 Å². The maximum Gasteiger partial charge on any atom is 0.252 e. The highest BCUT2D eigenvalue weighted by atomic mass is 32.1. The topological polar surface area (TPSA) is 6.48 Å². The van der Waals surface area contributed by atoms with E-state index in [1.165, 1.54) is 87.0 Å². The van der Waals surface area contributed by atoms with Crippen molar-refractivity contribution < 1.29 is 0 Å². The zero-order chi connectivity index (χ0) is 32.1. The molecule has 4 heteroatoms. The van der Waals surface area contributed by atoms with Crippen molar-refractivity contribution in [3.63, 3.8) is 0 Å². The molecular formula is C44H33BN2S. The zero-order valence-corrected chi connectivity index (χ0v) is 28.1. The quantitative estimate of drug-likeness (QED) is 0.175. The van der Waals surface area contributed by atoms with E-state index in [1.54, 1.807) is 0 Å². The molecule has 0 bridgehead atoms. The summed E-state index contributed by atoms with van der Waals surface area (Å²) in [6.07, 6.45) is 0. The van der Waals surface area contributed by atoms with E-state index in [1.807, 2.05) is 11.3 Å². The lowest BCUT2D eigenvalue weighted by Crippen LogP contribution is -2.61. The monoisotopic (exact) mass is 632 g/mol. The summed E-state index contributed by atoms with van der Waals surface area (Å²) in [5.74, 6) is 0. The predicted molar refractivity (Wildman–Crippen MR) is 210 cm³/mol. The molecule has 0 fully saturated rings. The van der Waals surface area contributed by atoms with Crippen LogP contribution >= 0.6 is 11.3 Å². The van der Waals surface area contributed by atoms with E-state index in [2.05, 4.69) is 176 Å². The van der Waals surface area contributed by atoms with E-state index < -0.39 is 0 Å².